The lowest BCUT2D eigenvalue weighted by Gasteiger charge is -2.09. The van der Waals surface area contributed by atoms with Crippen LogP contribution in [0.4, 0.5) is 13.2 Å². The molecule has 0 unspecified atom stereocenters. The zero-order valence-electron chi connectivity index (χ0n) is 9.38. The van der Waals surface area contributed by atoms with E-state index >= 15 is 0 Å². The van der Waals surface area contributed by atoms with Gasteiger partial charge in [-0.05, 0) is 40.2 Å². The Bertz CT molecular complexity index is 612. The van der Waals surface area contributed by atoms with Crippen LogP contribution in [0.15, 0.2) is 28.7 Å². The zero-order valence-corrected chi connectivity index (χ0v) is 12.5. The van der Waals surface area contributed by atoms with Crippen molar-refractivity contribution in [3.05, 3.63) is 39.0 Å². The topological polar surface area (TPSA) is 35.0 Å². The van der Waals surface area contributed by atoms with Crippen molar-refractivity contribution in [2.45, 2.75) is 6.36 Å². The third kappa shape index (κ3) is 3.74. The van der Waals surface area contributed by atoms with Crippen LogP contribution < -0.4 is 4.74 Å². The van der Waals surface area contributed by atoms with E-state index in [1.807, 2.05) is 0 Å². The van der Waals surface area contributed by atoms with Crippen molar-refractivity contribution in [1.29, 1.82) is 0 Å². The van der Waals surface area contributed by atoms with Gasteiger partial charge in [0.15, 0.2) is 5.82 Å². The second-order valence-electron chi connectivity index (χ2n) is 3.51. The molecule has 2 rings (SSSR count). The maximum Gasteiger partial charge on any atom is 0.573 e. The number of halogens is 6. The van der Waals surface area contributed by atoms with Gasteiger partial charge in [-0.15, -0.1) is 13.2 Å². The van der Waals surface area contributed by atoms with Gasteiger partial charge in [0.2, 0.25) is 0 Å². The van der Waals surface area contributed by atoms with E-state index in [0.29, 0.717) is 10.0 Å². The summed E-state index contributed by atoms with van der Waals surface area (Å²) in [5, 5.41) is 0.214. The van der Waals surface area contributed by atoms with Crippen LogP contribution in [-0.4, -0.2) is 16.3 Å². The van der Waals surface area contributed by atoms with E-state index in [1.54, 1.807) is 0 Å². The van der Waals surface area contributed by atoms with Crippen molar-refractivity contribution in [3.63, 3.8) is 0 Å². The molecular formula is C11H4BrCl2F3N2O. The van der Waals surface area contributed by atoms with Crippen LogP contribution in [0.5, 0.6) is 5.75 Å². The molecule has 1 heterocycles. The van der Waals surface area contributed by atoms with Gasteiger partial charge < -0.3 is 4.74 Å². The molecule has 2 aromatic rings. The van der Waals surface area contributed by atoms with Gasteiger partial charge in [-0.2, -0.15) is 0 Å². The summed E-state index contributed by atoms with van der Waals surface area (Å²) in [5.74, 6) is -0.141. The molecular weight excluding hydrogens is 384 g/mol. The molecule has 0 aliphatic carbocycles. The molecule has 0 saturated heterocycles. The van der Waals surface area contributed by atoms with Gasteiger partial charge in [-0.25, -0.2) is 9.97 Å². The Hall–Kier alpha value is -1.05. The van der Waals surface area contributed by atoms with E-state index < -0.39 is 6.36 Å². The molecule has 0 spiro atoms. The Morgan fingerprint density at radius 3 is 1.95 bits per heavy atom. The van der Waals surface area contributed by atoms with Crippen LogP contribution in [-0.2, 0) is 0 Å². The lowest BCUT2D eigenvalue weighted by molar-refractivity contribution is -0.274. The van der Waals surface area contributed by atoms with Gasteiger partial charge >= 0.3 is 6.36 Å². The molecule has 106 valence electrons. The summed E-state index contributed by atoms with van der Waals surface area (Å²) in [6.45, 7) is 0. The molecule has 1 aromatic heterocycles. The number of hydrogen-bond donors (Lipinski definition) is 0. The van der Waals surface area contributed by atoms with Gasteiger partial charge in [0.25, 0.3) is 0 Å². The summed E-state index contributed by atoms with van der Waals surface area (Å²) in [7, 11) is 0. The minimum atomic E-state index is -4.73. The first-order valence-electron chi connectivity index (χ1n) is 5.01. The number of benzene rings is 1. The fourth-order valence-corrected chi connectivity index (χ4v) is 1.89. The minimum absolute atomic E-state index is 0.107. The summed E-state index contributed by atoms with van der Waals surface area (Å²) in [6, 6.07) is 5.04. The largest absolute Gasteiger partial charge is 0.573 e. The van der Waals surface area contributed by atoms with E-state index in [2.05, 4.69) is 30.6 Å². The third-order valence-corrected chi connectivity index (χ3v) is 3.87. The first-order valence-corrected chi connectivity index (χ1v) is 6.56. The standard InChI is InChI=1S/C11H4BrCl2F3N2O/c12-7-8(13)18-10(19-9(7)14)5-1-3-6(4-2-5)20-11(15,16)17/h1-4H. The summed E-state index contributed by atoms with van der Waals surface area (Å²) >= 11 is 14.8. The molecule has 20 heavy (non-hydrogen) atoms. The molecule has 0 N–H and O–H groups in total. The molecule has 0 radical (unpaired) electrons. The van der Waals surface area contributed by atoms with Crippen molar-refractivity contribution in [1.82, 2.24) is 9.97 Å². The highest BCUT2D eigenvalue weighted by molar-refractivity contribution is 9.10. The number of aromatic nitrogens is 2. The van der Waals surface area contributed by atoms with E-state index in [1.165, 1.54) is 12.1 Å². The van der Waals surface area contributed by atoms with Crippen LogP contribution in [0.1, 0.15) is 0 Å². The molecule has 0 saturated carbocycles. The molecule has 1 aromatic carbocycles. The number of hydrogen-bond acceptors (Lipinski definition) is 3. The molecule has 0 amide bonds. The average molecular weight is 388 g/mol. The maximum atomic E-state index is 12.0. The fraction of sp³-hybridized carbons (Fsp3) is 0.0909. The Morgan fingerprint density at radius 1 is 1.00 bits per heavy atom. The van der Waals surface area contributed by atoms with E-state index in [4.69, 9.17) is 23.2 Å². The van der Waals surface area contributed by atoms with Crippen molar-refractivity contribution >= 4 is 39.1 Å². The molecule has 9 heteroatoms. The fourth-order valence-electron chi connectivity index (χ4n) is 1.33. The first kappa shape index (κ1) is 15.3. The van der Waals surface area contributed by atoms with E-state index in [-0.39, 0.29) is 21.9 Å². The molecule has 0 bridgehead atoms. The molecule has 0 aliphatic rings. The molecule has 0 aliphatic heterocycles. The smallest absolute Gasteiger partial charge is 0.406 e. The van der Waals surface area contributed by atoms with Gasteiger partial charge in [0.05, 0.1) is 4.47 Å². The lowest BCUT2D eigenvalue weighted by Crippen LogP contribution is -2.16. The second kappa shape index (κ2) is 5.75. The van der Waals surface area contributed by atoms with E-state index in [0.717, 1.165) is 12.1 Å². The highest BCUT2D eigenvalue weighted by Crippen LogP contribution is 2.31. The van der Waals surface area contributed by atoms with Crippen molar-refractivity contribution in [3.8, 4) is 17.1 Å². The number of nitrogens with zero attached hydrogens (tertiary/aromatic N) is 2. The monoisotopic (exact) mass is 386 g/mol. The predicted octanol–water partition coefficient (Wildman–Crippen LogP) is 5.11. The SMILES string of the molecule is FC(F)(F)Oc1ccc(-c2nc(Cl)c(Br)c(Cl)n2)cc1. The van der Waals surface area contributed by atoms with Crippen molar-refractivity contribution in [2.24, 2.45) is 0 Å². The Morgan fingerprint density at radius 2 is 1.50 bits per heavy atom. The Kier molecular flexibility index (Phi) is 4.41. The highest BCUT2D eigenvalue weighted by Gasteiger charge is 2.31. The lowest BCUT2D eigenvalue weighted by atomic mass is 10.2. The zero-order chi connectivity index (χ0) is 14.9. The summed E-state index contributed by atoms with van der Waals surface area (Å²) < 4.78 is 40.2. The van der Waals surface area contributed by atoms with Crippen LogP contribution in [0, 0.1) is 0 Å². The minimum Gasteiger partial charge on any atom is -0.406 e. The normalized spacial score (nSPS) is 11.5. The van der Waals surface area contributed by atoms with Gasteiger partial charge in [0, 0.05) is 5.56 Å². The first-order chi connectivity index (χ1) is 9.26. The predicted molar refractivity (Wildman–Crippen MR) is 71.9 cm³/mol. The number of ether oxygens (including phenoxy) is 1. The van der Waals surface area contributed by atoms with Crippen LogP contribution in [0.2, 0.25) is 10.3 Å². The molecule has 0 atom stereocenters. The second-order valence-corrected chi connectivity index (χ2v) is 5.02. The maximum absolute atomic E-state index is 12.0. The quantitative estimate of drug-likeness (QED) is 0.671. The summed E-state index contributed by atoms with van der Waals surface area (Å²) in [6.07, 6.45) is -4.73. The highest BCUT2D eigenvalue weighted by atomic mass is 79.9. The van der Waals surface area contributed by atoms with E-state index in [9.17, 15) is 13.2 Å². The Balaban J connectivity index is 2.31. The van der Waals surface area contributed by atoms with Crippen molar-refractivity contribution in [2.75, 3.05) is 0 Å². The van der Waals surface area contributed by atoms with Gasteiger partial charge in [-0.1, -0.05) is 23.2 Å². The third-order valence-electron chi connectivity index (χ3n) is 2.12. The Labute approximate surface area is 129 Å². The van der Waals surface area contributed by atoms with Crippen LogP contribution in [0.25, 0.3) is 11.4 Å². The van der Waals surface area contributed by atoms with Crippen molar-refractivity contribution < 1.29 is 17.9 Å². The molecule has 0 fully saturated rings. The van der Waals surface area contributed by atoms with Crippen LogP contribution >= 0.6 is 39.1 Å². The number of rotatable bonds is 2. The summed E-state index contributed by atoms with van der Waals surface area (Å²) in [4.78, 5) is 7.94. The molecule has 3 nitrogen and oxygen atoms in total. The van der Waals surface area contributed by atoms with Crippen LogP contribution in [0.3, 0.4) is 0 Å². The average Bonchev–Trinajstić information content (AvgIpc) is 2.34. The summed E-state index contributed by atoms with van der Waals surface area (Å²) in [5.41, 5.74) is 0.454. The van der Waals surface area contributed by atoms with Gasteiger partial charge in [0.1, 0.15) is 16.1 Å². The van der Waals surface area contributed by atoms with Gasteiger partial charge in [-0.3, -0.25) is 0 Å². The number of alkyl halides is 3.